The molecule has 0 nitrogen and oxygen atoms in total. The molecule has 1 aliphatic rings. The molecular formula is C15H12. The number of rotatable bonds is 1. The fraction of sp³-hybridized carbons (Fsp3) is 0.0667. The molecule has 0 spiro atoms. The summed E-state index contributed by atoms with van der Waals surface area (Å²) in [7, 11) is 0. The van der Waals surface area contributed by atoms with E-state index in [0.717, 1.165) is 6.42 Å². The highest BCUT2D eigenvalue weighted by Crippen LogP contribution is 2.26. The Hall–Kier alpha value is -1.82. The molecule has 3 rings (SSSR count). The zero-order chi connectivity index (χ0) is 10.1. The van der Waals surface area contributed by atoms with E-state index >= 15 is 0 Å². The number of hydrogen-bond donors (Lipinski definition) is 0. The van der Waals surface area contributed by atoms with Crippen LogP contribution in [0.15, 0.2) is 54.6 Å². The summed E-state index contributed by atoms with van der Waals surface area (Å²) in [6, 6.07) is 17.2. The van der Waals surface area contributed by atoms with E-state index in [2.05, 4.69) is 60.7 Å². The van der Waals surface area contributed by atoms with Gasteiger partial charge in [-0.1, -0.05) is 60.7 Å². The van der Waals surface area contributed by atoms with Crippen molar-refractivity contribution in [2.45, 2.75) is 6.42 Å². The quantitative estimate of drug-likeness (QED) is 0.642. The lowest BCUT2D eigenvalue weighted by Gasteiger charge is -2.04. The fourth-order valence-electron chi connectivity index (χ4n) is 2.07. The first kappa shape index (κ1) is 8.49. The van der Waals surface area contributed by atoms with Crippen LogP contribution in [0.25, 0.3) is 17.2 Å². The molecule has 0 fully saturated rings. The maximum Gasteiger partial charge on any atom is -0.00880 e. The van der Waals surface area contributed by atoms with Crippen LogP contribution in [0.1, 0.15) is 11.1 Å². The summed E-state index contributed by atoms with van der Waals surface area (Å²) in [4.78, 5) is 0. The van der Waals surface area contributed by atoms with Crippen LogP contribution in [-0.4, -0.2) is 0 Å². The molecule has 0 aromatic heterocycles. The Kier molecular flexibility index (Phi) is 1.92. The Bertz CT molecular complexity index is 507. The molecule has 0 N–H and O–H groups in total. The smallest absolute Gasteiger partial charge is 0.00880 e. The lowest BCUT2D eigenvalue weighted by Crippen LogP contribution is -1.83. The molecule has 0 amide bonds. The Balaban J connectivity index is 2.09. The van der Waals surface area contributed by atoms with Crippen molar-refractivity contribution in [1.82, 2.24) is 0 Å². The number of benzene rings is 2. The van der Waals surface area contributed by atoms with E-state index in [9.17, 15) is 0 Å². The Morgan fingerprint density at radius 3 is 2.53 bits per heavy atom. The van der Waals surface area contributed by atoms with Crippen molar-refractivity contribution >= 4 is 6.08 Å². The summed E-state index contributed by atoms with van der Waals surface area (Å²) in [5.74, 6) is 0. The van der Waals surface area contributed by atoms with Gasteiger partial charge in [0.15, 0.2) is 0 Å². The largest absolute Gasteiger partial charge is 0.0795 e. The van der Waals surface area contributed by atoms with Crippen LogP contribution >= 0.6 is 0 Å². The predicted molar refractivity (Wildman–Crippen MR) is 64.6 cm³/mol. The zero-order valence-electron chi connectivity index (χ0n) is 8.48. The molecule has 2 aromatic carbocycles. The van der Waals surface area contributed by atoms with Crippen LogP contribution in [0, 0.1) is 0 Å². The average Bonchev–Trinajstić information content (AvgIpc) is 2.77. The molecule has 1 aliphatic carbocycles. The standard InChI is InChI=1S/C15H12/c1-2-5-12(6-3-1)15-10-9-13-7-4-8-14(13)11-15/h1-7,9-11H,8H2. The van der Waals surface area contributed by atoms with Crippen molar-refractivity contribution in [3.8, 4) is 11.1 Å². The zero-order valence-corrected chi connectivity index (χ0v) is 8.48. The Morgan fingerprint density at radius 1 is 0.800 bits per heavy atom. The van der Waals surface area contributed by atoms with E-state index in [1.807, 2.05) is 0 Å². The van der Waals surface area contributed by atoms with Gasteiger partial charge in [-0.15, -0.1) is 0 Å². The van der Waals surface area contributed by atoms with Crippen molar-refractivity contribution in [3.63, 3.8) is 0 Å². The van der Waals surface area contributed by atoms with E-state index < -0.39 is 0 Å². The highest BCUT2D eigenvalue weighted by Gasteiger charge is 2.05. The van der Waals surface area contributed by atoms with E-state index in [4.69, 9.17) is 0 Å². The maximum atomic E-state index is 2.30. The third-order valence-electron chi connectivity index (χ3n) is 2.89. The van der Waals surface area contributed by atoms with Crippen LogP contribution < -0.4 is 0 Å². The van der Waals surface area contributed by atoms with Crippen molar-refractivity contribution in [2.75, 3.05) is 0 Å². The van der Waals surface area contributed by atoms with Crippen molar-refractivity contribution in [1.29, 1.82) is 0 Å². The third-order valence-corrected chi connectivity index (χ3v) is 2.89. The Morgan fingerprint density at radius 2 is 1.67 bits per heavy atom. The lowest BCUT2D eigenvalue weighted by atomic mass is 10.0. The van der Waals surface area contributed by atoms with Gasteiger partial charge in [-0.25, -0.2) is 0 Å². The molecule has 0 aliphatic heterocycles. The average molecular weight is 192 g/mol. The minimum atomic E-state index is 1.08. The predicted octanol–water partition coefficient (Wildman–Crippen LogP) is 3.92. The van der Waals surface area contributed by atoms with Gasteiger partial charge in [0.25, 0.3) is 0 Å². The summed E-state index contributed by atoms with van der Waals surface area (Å²) in [6.07, 6.45) is 5.50. The van der Waals surface area contributed by atoms with Crippen molar-refractivity contribution in [3.05, 3.63) is 65.7 Å². The molecule has 2 aromatic rings. The summed E-state index contributed by atoms with van der Waals surface area (Å²) < 4.78 is 0. The van der Waals surface area contributed by atoms with Crippen molar-refractivity contribution in [2.24, 2.45) is 0 Å². The first-order valence-corrected chi connectivity index (χ1v) is 5.28. The van der Waals surface area contributed by atoms with Gasteiger partial charge in [-0.3, -0.25) is 0 Å². The first-order valence-electron chi connectivity index (χ1n) is 5.28. The molecule has 0 bridgehead atoms. The molecule has 0 saturated carbocycles. The maximum absolute atomic E-state index is 2.30. The topological polar surface area (TPSA) is 0 Å². The van der Waals surface area contributed by atoms with Gasteiger partial charge in [0.05, 0.1) is 0 Å². The molecular weight excluding hydrogens is 180 g/mol. The fourth-order valence-corrected chi connectivity index (χ4v) is 2.07. The molecule has 0 unspecified atom stereocenters. The van der Waals surface area contributed by atoms with Crippen LogP contribution in [-0.2, 0) is 6.42 Å². The van der Waals surface area contributed by atoms with Gasteiger partial charge < -0.3 is 0 Å². The second-order valence-corrected chi connectivity index (χ2v) is 3.89. The second kappa shape index (κ2) is 3.39. The van der Waals surface area contributed by atoms with Gasteiger partial charge in [0.1, 0.15) is 0 Å². The highest BCUT2D eigenvalue weighted by molar-refractivity contribution is 5.70. The number of hydrogen-bond acceptors (Lipinski definition) is 0. The van der Waals surface area contributed by atoms with Gasteiger partial charge in [-0.2, -0.15) is 0 Å². The van der Waals surface area contributed by atoms with Crippen LogP contribution in [0.4, 0.5) is 0 Å². The normalized spacial score (nSPS) is 12.8. The van der Waals surface area contributed by atoms with Crippen LogP contribution in [0.3, 0.4) is 0 Å². The highest BCUT2D eigenvalue weighted by atomic mass is 14.1. The SMILES string of the molecule is C1=Cc2ccc(-c3ccccc3)cc2C1. The minimum absolute atomic E-state index is 1.08. The first-order chi connectivity index (χ1) is 7.43. The lowest BCUT2D eigenvalue weighted by molar-refractivity contribution is 1.31. The molecule has 0 heteroatoms. The van der Waals surface area contributed by atoms with Gasteiger partial charge in [-0.05, 0) is 28.7 Å². The summed E-state index contributed by atoms with van der Waals surface area (Å²) in [6.45, 7) is 0. The van der Waals surface area contributed by atoms with Crippen LogP contribution in [0.5, 0.6) is 0 Å². The van der Waals surface area contributed by atoms with Gasteiger partial charge >= 0.3 is 0 Å². The number of allylic oxidation sites excluding steroid dienone is 1. The van der Waals surface area contributed by atoms with Crippen molar-refractivity contribution < 1.29 is 0 Å². The van der Waals surface area contributed by atoms with E-state index in [0.29, 0.717) is 0 Å². The molecule has 0 heterocycles. The summed E-state index contributed by atoms with van der Waals surface area (Å²) in [5.41, 5.74) is 5.43. The third kappa shape index (κ3) is 1.48. The molecule has 0 saturated heterocycles. The summed E-state index contributed by atoms with van der Waals surface area (Å²) in [5, 5.41) is 0. The Labute approximate surface area is 89.9 Å². The van der Waals surface area contributed by atoms with Crippen LogP contribution in [0.2, 0.25) is 0 Å². The monoisotopic (exact) mass is 192 g/mol. The minimum Gasteiger partial charge on any atom is -0.0795 e. The second-order valence-electron chi connectivity index (χ2n) is 3.89. The van der Waals surface area contributed by atoms with Gasteiger partial charge in [0.2, 0.25) is 0 Å². The molecule has 0 radical (unpaired) electrons. The number of fused-ring (bicyclic) bond motifs is 1. The van der Waals surface area contributed by atoms with Gasteiger partial charge in [0, 0.05) is 0 Å². The molecule has 0 atom stereocenters. The molecule has 72 valence electrons. The van der Waals surface area contributed by atoms with E-state index in [1.54, 1.807) is 0 Å². The van der Waals surface area contributed by atoms with E-state index in [-0.39, 0.29) is 0 Å². The van der Waals surface area contributed by atoms with E-state index in [1.165, 1.54) is 22.3 Å². The molecule has 15 heavy (non-hydrogen) atoms. The summed E-state index contributed by atoms with van der Waals surface area (Å²) >= 11 is 0.